The summed E-state index contributed by atoms with van der Waals surface area (Å²) in [6.45, 7) is 0.368. The Morgan fingerprint density at radius 3 is 2.94 bits per heavy atom. The molecule has 3 rings (SSSR count). The number of fused-ring (bicyclic) bond motifs is 1. The van der Waals surface area contributed by atoms with Crippen LogP contribution < -0.4 is 16.0 Å². The predicted octanol–water partition coefficient (Wildman–Crippen LogP) is 0.363. The van der Waals surface area contributed by atoms with Crippen LogP contribution in [0.1, 0.15) is 6.42 Å². The molecule has 0 bridgehead atoms. The van der Waals surface area contributed by atoms with Gasteiger partial charge in [-0.1, -0.05) is 0 Å². The molecule has 1 aliphatic rings. The Kier molecular flexibility index (Phi) is 2.19. The van der Waals surface area contributed by atoms with E-state index in [9.17, 15) is 9.59 Å². The molecule has 1 aliphatic heterocycles. The largest absolute Gasteiger partial charge is 0.396 e. The number of urea groups is 1. The van der Waals surface area contributed by atoms with Crippen LogP contribution in [-0.2, 0) is 4.79 Å². The Morgan fingerprint density at radius 2 is 2.17 bits per heavy atom. The Hall–Kier alpha value is -2.57. The van der Waals surface area contributed by atoms with Crippen molar-refractivity contribution in [3.8, 4) is 0 Å². The number of nitrogen functional groups attached to an aromatic ring is 1. The maximum atomic E-state index is 11.7. The van der Waals surface area contributed by atoms with Crippen molar-refractivity contribution in [3.63, 3.8) is 0 Å². The summed E-state index contributed by atoms with van der Waals surface area (Å²) in [5, 5.41) is 6.35. The van der Waals surface area contributed by atoms with Gasteiger partial charge in [0.1, 0.15) is 0 Å². The van der Waals surface area contributed by atoms with Gasteiger partial charge >= 0.3 is 6.03 Å². The van der Waals surface area contributed by atoms with Crippen LogP contribution in [0.3, 0.4) is 0 Å². The number of amides is 3. The third-order valence-electron chi connectivity index (χ3n) is 2.90. The zero-order valence-electron chi connectivity index (χ0n) is 9.46. The van der Waals surface area contributed by atoms with Crippen molar-refractivity contribution in [2.75, 3.05) is 17.2 Å². The van der Waals surface area contributed by atoms with Gasteiger partial charge in [-0.25, -0.2) is 9.31 Å². The van der Waals surface area contributed by atoms with E-state index in [-0.39, 0.29) is 5.91 Å². The molecule has 1 fully saturated rings. The minimum absolute atomic E-state index is 0.249. The topological polar surface area (TPSA) is 92.7 Å². The van der Waals surface area contributed by atoms with E-state index < -0.39 is 6.03 Å². The highest BCUT2D eigenvalue weighted by molar-refractivity contribution is 6.05. The maximum absolute atomic E-state index is 11.7. The number of anilines is 2. The minimum Gasteiger partial charge on any atom is -0.396 e. The Bertz CT molecular complexity index is 648. The molecule has 3 N–H and O–H groups in total. The molecule has 92 valence electrons. The second-order valence-corrected chi connectivity index (χ2v) is 4.07. The highest BCUT2D eigenvalue weighted by Gasteiger charge is 2.24. The molecule has 0 saturated carbocycles. The zero-order valence-corrected chi connectivity index (χ0v) is 9.46. The van der Waals surface area contributed by atoms with Crippen LogP contribution in [0.4, 0.5) is 16.2 Å². The van der Waals surface area contributed by atoms with Crippen LogP contribution in [0.25, 0.3) is 5.52 Å². The lowest BCUT2D eigenvalue weighted by molar-refractivity contribution is -0.120. The third kappa shape index (κ3) is 1.56. The molecule has 18 heavy (non-hydrogen) atoms. The van der Waals surface area contributed by atoms with Gasteiger partial charge in [-0.3, -0.25) is 15.0 Å². The Labute approximate surface area is 102 Å². The summed E-state index contributed by atoms with van der Waals surface area (Å²) < 4.78 is 1.61. The smallest absolute Gasteiger partial charge is 0.328 e. The molecule has 0 radical (unpaired) electrons. The molecular formula is C11H11N5O2. The van der Waals surface area contributed by atoms with Crippen molar-refractivity contribution < 1.29 is 9.59 Å². The first-order valence-corrected chi connectivity index (χ1v) is 5.49. The molecule has 3 heterocycles. The van der Waals surface area contributed by atoms with Crippen molar-refractivity contribution >= 4 is 28.8 Å². The number of aromatic nitrogens is 2. The fourth-order valence-electron chi connectivity index (χ4n) is 1.96. The second kappa shape index (κ2) is 3.73. The van der Waals surface area contributed by atoms with Gasteiger partial charge in [0.25, 0.3) is 0 Å². The van der Waals surface area contributed by atoms with Crippen molar-refractivity contribution in [1.82, 2.24) is 14.9 Å². The number of nitrogens with zero attached hydrogens (tertiary/aromatic N) is 3. The number of hydrogen-bond donors (Lipinski definition) is 2. The summed E-state index contributed by atoms with van der Waals surface area (Å²) in [7, 11) is 0. The molecule has 0 aliphatic carbocycles. The van der Waals surface area contributed by atoms with Gasteiger partial charge in [0.2, 0.25) is 5.91 Å². The number of pyridine rings is 1. The molecular weight excluding hydrogens is 234 g/mol. The lowest BCUT2D eigenvalue weighted by Crippen LogP contribution is -2.49. The van der Waals surface area contributed by atoms with Crippen LogP contribution in [0.15, 0.2) is 24.5 Å². The van der Waals surface area contributed by atoms with Crippen LogP contribution in [0.2, 0.25) is 0 Å². The van der Waals surface area contributed by atoms with Crippen molar-refractivity contribution in [2.24, 2.45) is 0 Å². The van der Waals surface area contributed by atoms with E-state index in [4.69, 9.17) is 5.73 Å². The van der Waals surface area contributed by atoms with E-state index in [1.807, 2.05) is 0 Å². The number of imide groups is 1. The molecule has 2 aromatic heterocycles. The summed E-state index contributed by atoms with van der Waals surface area (Å²) in [5.41, 5.74) is 7.77. The Balaban J connectivity index is 1.99. The molecule has 7 heteroatoms. The van der Waals surface area contributed by atoms with Crippen molar-refractivity contribution in [3.05, 3.63) is 24.5 Å². The quantitative estimate of drug-likeness (QED) is 0.758. The highest BCUT2D eigenvalue weighted by Crippen LogP contribution is 2.20. The van der Waals surface area contributed by atoms with E-state index in [0.29, 0.717) is 24.3 Å². The van der Waals surface area contributed by atoms with Gasteiger partial charge in [-0.15, -0.1) is 0 Å². The summed E-state index contributed by atoms with van der Waals surface area (Å²) in [5.74, 6) is -0.249. The van der Waals surface area contributed by atoms with Gasteiger partial charge < -0.3 is 5.73 Å². The van der Waals surface area contributed by atoms with E-state index >= 15 is 0 Å². The number of carbonyl (C=O) groups excluding carboxylic acids is 2. The monoisotopic (exact) mass is 245 g/mol. The average Bonchev–Trinajstić information content (AvgIpc) is 2.71. The molecule has 3 amide bonds. The van der Waals surface area contributed by atoms with Crippen LogP contribution in [0, 0.1) is 0 Å². The first-order valence-electron chi connectivity index (χ1n) is 5.49. The summed E-state index contributed by atoms with van der Waals surface area (Å²) in [4.78, 5) is 24.3. The lowest BCUT2D eigenvalue weighted by atomic mass is 10.2. The lowest BCUT2D eigenvalue weighted by Gasteiger charge is -2.26. The molecule has 0 spiro atoms. The fraction of sp³-hybridized carbons (Fsp3) is 0.182. The van der Waals surface area contributed by atoms with Gasteiger partial charge in [0.15, 0.2) is 0 Å². The SMILES string of the molecule is Nc1cnn2cc(N3CCC(=O)NC3=O)ccc12. The maximum Gasteiger partial charge on any atom is 0.328 e. The van der Waals surface area contributed by atoms with Gasteiger partial charge in [-0.05, 0) is 12.1 Å². The molecule has 1 saturated heterocycles. The third-order valence-corrected chi connectivity index (χ3v) is 2.90. The molecule has 0 unspecified atom stereocenters. The molecule has 7 nitrogen and oxygen atoms in total. The molecule has 0 atom stereocenters. The molecule has 2 aromatic rings. The van der Waals surface area contributed by atoms with Crippen LogP contribution in [-0.4, -0.2) is 28.1 Å². The first kappa shape index (κ1) is 10.6. The van der Waals surface area contributed by atoms with E-state index in [1.165, 1.54) is 4.90 Å². The fourth-order valence-corrected chi connectivity index (χ4v) is 1.96. The van der Waals surface area contributed by atoms with Crippen molar-refractivity contribution in [1.29, 1.82) is 0 Å². The zero-order chi connectivity index (χ0) is 12.7. The molecule has 0 aromatic carbocycles. The van der Waals surface area contributed by atoms with Gasteiger partial charge in [0.05, 0.1) is 29.3 Å². The summed E-state index contributed by atoms with van der Waals surface area (Å²) >= 11 is 0. The number of carbonyl (C=O) groups is 2. The first-order chi connectivity index (χ1) is 8.65. The second-order valence-electron chi connectivity index (χ2n) is 4.07. The highest BCUT2D eigenvalue weighted by atomic mass is 16.2. The van der Waals surface area contributed by atoms with Crippen molar-refractivity contribution in [2.45, 2.75) is 6.42 Å². The Morgan fingerprint density at radius 1 is 1.33 bits per heavy atom. The summed E-state index contributed by atoms with van der Waals surface area (Å²) in [6, 6.07) is 3.16. The average molecular weight is 245 g/mol. The number of hydrogen-bond acceptors (Lipinski definition) is 4. The summed E-state index contributed by atoms with van der Waals surface area (Å²) in [6.07, 6.45) is 3.56. The van der Waals surface area contributed by atoms with Gasteiger partial charge in [0, 0.05) is 13.0 Å². The normalized spacial score (nSPS) is 16.1. The number of nitrogens with one attached hydrogen (secondary N) is 1. The number of nitrogens with two attached hydrogens (primary N) is 1. The van der Waals surface area contributed by atoms with E-state index in [1.54, 1.807) is 29.0 Å². The van der Waals surface area contributed by atoms with E-state index in [0.717, 1.165) is 5.52 Å². The van der Waals surface area contributed by atoms with Gasteiger partial charge in [-0.2, -0.15) is 5.10 Å². The minimum atomic E-state index is -0.411. The van der Waals surface area contributed by atoms with Crippen LogP contribution in [0.5, 0.6) is 0 Å². The number of rotatable bonds is 1. The van der Waals surface area contributed by atoms with E-state index in [2.05, 4.69) is 10.4 Å². The predicted molar refractivity (Wildman–Crippen MR) is 65.1 cm³/mol. The van der Waals surface area contributed by atoms with Crippen LogP contribution >= 0.6 is 0 Å². The standard InChI is InChI=1S/C11H11N5O2/c12-8-5-13-16-6-7(1-2-9(8)16)15-4-3-10(17)14-11(15)18/h1-2,5-6H,3-4,12H2,(H,14,17,18).